The molecule has 0 aliphatic heterocycles. The Morgan fingerprint density at radius 3 is 2.44 bits per heavy atom. The molecule has 1 aromatic carbocycles. The number of halogens is 1. The summed E-state index contributed by atoms with van der Waals surface area (Å²) < 4.78 is 0. The lowest BCUT2D eigenvalue weighted by atomic mass is 10.1. The quantitative estimate of drug-likeness (QED) is 0.770. The third-order valence-corrected chi connectivity index (χ3v) is 2.85. The maximum atomic E-state index is 5.85. The third-order valence-electron chi connectivity index (χ3n) is 2.60. The molecule has 0 bridgehead atoms. The first-order valence-electron chi connectivity index (χ1n) is 5.73. The maximum Gasteiger partial charge on any atom is 0.0406 e. The van der Waals surface area contributed by atoms with Gasteiger partial charge in [-0.3, -0.25) is 0 Å². The van der Waals surface area contributed by atoms with E-state index in [2.05, 4.69) is 43.4 Å². The molecule has 0 radical (unpaired) electrons. The zero-order chi connectivity index (χ0) is 12.0. The molecule has 0 heterocycles. The van der Waals surface area contributed by atoms with Crippen LogP contribution >= 0.6 is 11.6 Å². The highest BCUT2D eigenvalue weighted by molar-refractivity contribution is 6.30. The fourth-order valence-electron chi connectivity index (χ4n) is 1.58. The molecule has 0 spiro atoms. The molecule has 0 fully saturated rings. The second-order valence-electron chi connectivity index (χ2n) is 4.38. The van der Waals surface area contributed by atoms with E-state index < -0.39 is 0 Å². The van der Waals surface area contributed by atoms with Gasteiger partial charge in [0.25, 0.3) is 0 Å². The van der Waals surface area contributed by atoms with Gasteiger partial charge in [0.15, 0.2) is 0 Å². The molecule has 1 N–H and O–H groups in total. The van der Waals surface area contributed by atoms with Gasteiger partial charge in [-0.1, -0.05) is 23.7 Å². The fourth-order valence-corrected chi connectivity index (χ4v) is 1.71. The van der Waals surface area contributed by atoms with E-state index in [1.807, 2.05) is 12.1 Å². The summed E-state index contributed by atoms with van der Waals surface area (Å²) in [7, 11) is 4.20. The number of nitrogens with zero attached hydrogens (tertiary/aromatic N) is 1. The molecule has 1 aromatic rings. The summed E-state index contributed by atoms with van der Waals surface area (Å²) in [6, 6.07) is 8.42. The number of benzene rings is 1. The van der Waals surface area contributed by atoms with Crippen molar-refractivity contribution in [1.82, 2.24) is 10.2 Å². The second kappa shape index (κ2) is 6.89. The molecular formula is C13H21ClN2. The zero-order valence-electron chi connectivity index (χ0n) is 10.3. The van der Waals surface area contributed by atoms with Gasteiger partial charge in [-0.25, -0.2) is 0 Å². The van der Waals surface area contributed by atoms with Crippen LogP contribution in [0.4, 0.5) is 0 Å². The fraction of sp³-hybridized carbons (Fsp3) is 0.538. The van der Waals surface area contributed by atoms with Gasteiger partial charge in [0, 0.05) is 11.1 Å². The molecule has 0 saturated heterocycles. The van der Waals surface area contributed by atoms with E-state index in [0.29, 0.717) is 6.04 Å². The highest BCUT2D eigenvalue weighted by atomic mass is 35.5. The molecule has 1 rings (SSSR count). The summed E-state index contributed by atoms with van der Waals surface area (Å²) >= 11 is 5.85. The van der Waals surface area contributed by atoms with Crippen molar-refractivity contribution in [2.75, 3.05) is 27.2 Å². The van der Waals surface area contributed by atoms with E-state index in [1.165, 1.54) is 12.0 Å². The van der Waals surface area contributed by atoms with Crippen molar-refractivity contribution >= 4 is 11.6 Å². The van der Waals surface area contributed by atoms with Crippen LogP contribution in [0.15, 0.2) is 24.3 Å². The van der Waals surface area contributed by atoms with Gasteiger partial charge in [-0.2, -0.15) is 0 Å². The van der Waals surface area contributed by atoms with Crippen molar-refractivity contribution in [3.8, 4) is 0 Å². The lowest BCUT2D eigenvalue weighted by molar-refractivity contribution is 0.389. The largest absolute Gasteiger partial charge is 0.310 e. The van der Waals surface area contributed by atoms with Crippen LogP contribution in [0.3, 0.4) is 0 Å². The Morgan fingerprint density at radius 2 is 1.88 bits per heavy atom. The van der Waals surface area contributed by atoms with E-state index in [1.54, 1.807) is 0 Å². The first kappa shape index (κ1) is 13.5. The van der Waals surface area contributed by atoms with Crippen LogP contribution in [0.2, 0.25) is 5.02 Å². The van der Waals surface area contributed by atoms with Gasteiger partial charge in [-0.05, 0) is 58.2 Å². The summed E-state index contributed by atoms with van der Waals surface area (Å²) in [5.74, 6) is 0. The van der Waals surface area contributed by atoms with Crippen LogP contribution in [-0.4, -0.2) is 32.1 Å². The Balaban J connectivity index is 2.29. The summed E-state index contributed by atoms with van der Waals surface area (Å²) in [6.07, 6.45) is 1.17. The molecule has 0 saturated carbocycles. The van der Waals surface area contributed by atoms with Crippen LogP contribution in [0.5, 0.6) is 0 Å². The second-order valence-corrected chi connectivity index (χ2v) is 4.82. The normalized spacial score (nSPS) is 13.1. The number of rotatable bonds is 6. The number of hydrogen-bond acceptors (Lipinski definition) is 2. The van der Waals surface area contributed by atoms with Gasteiger partial charge in [0.05, 0.1) is 0 Å². The van der Waals surface area contributed by atoms with Crippen LogP contribution < -0.4 is 5.32 Å². The van der Waals surface area contributed by atoms with E-state index in [0.717, 1.165) is 18.1 Å². The lowest BCUT2D eigenvalue weighted by Crippen LogP contribution is -2.23. The molecule has 2 nitrogen and oxygen atoms in total. The van der Waals surface area contributed by atoms with E-state index >= 15 is 0 Å². The van der Waals surface area contributed by atoms with E-state index in [-0.39, 0.29) is 0 Å². The summed E-state index contributed by atoms with van der Waals surface area (Å²) in [6.45, 7) is 4.35. The third kappa shape index (κ3) is 4.97. The van der Waals surface area contributed by atoms with Crippen molar-refractivity contribution in [3.63, 3.8) is 0 Å². The average Bonchev–Trinajstić information content (AvgIpc) is 2.25. The van der Waals surface area contributed by atoms with Crippen molar-refractivity contribution in [2.45, 2.75) is 19.4 Å². The minimum absolute atomic E-state index is 0.388. The van der Waals surface area contributed by atoms with Gasteiger partial charge in [0.1, 0.15) is 0 Å². The predicted octanol–water partition coefficient (Wildman–Crippen LogP) is 2.94. The highest BCUT2D eigenvalue weighted by Crippen LogP contribution is 2.15. The van der Waals surface area contributed by atoms with Crippen LogP contribution in [0, 0.1) is 0 Å². The monoisotopic (exact) mass is 240 g/mol. The standard InChI is InChI=1S/C13H21ClN2/c1-11(15-9-4-10-16(2)3)12-5-7-13(14)8-6-12/h5-8,11,15H,4,9-10H2,1-3H3/t11-/m1/s1. The first-order valence-corrected chi connectivity index (χ1v) is 6.11. The molecule has 0 aromatic heterocycles. The molecule has 0 amide bonds. The van der Waals surface area contributed by atoms with Crippen molar-refractivity contribution in [1.29, 1.82) is 0 Å². The Labute approximate surface area is 104 Å². The summed E-state index contributed by atoms with van der Waals surface area (Å²) in [4.78, 5) is 2.20. The van der Waals surface area contributed by atoms with Crippen molar-refractivity contribution in [3.05, 3.63) is 34.9 Å². The lowest BCUT2D eigenvalue weighted by Gasteiger charge is -2.15. The number of nitrogens with one attached hydrogen (secondary N) is 1. The Hall–Kier alpha value is -0.570. The Bertz CT molecular complexity index is 295. The topological polar surface area (TPSA) is 15.3 Å². The molecule has 90 valence electrons. The smallest absolute Gasteiger partial charge is 0.0406 e. The van der Waals surface area contributed by atoms with E-state index in [4.69, 9.17) is 11.6 Å². The minimum atomic E-state index is 0.388. The molecule has 1 atom stereocenters. The van der Waals surface area contributed by atoms with Crippen LogP contribution in [-0.2, 0) is 0 Å². The molecule has 0 unspecified atom stereocenters. The van der Waals surface area contributed by atoms with Gasteiger partial charge in [0.2, 0.25) is 0 Å². The van der Waals surface area contributed by atoms with Crippen LogP contribution in [0.1, 0.15) is 24.9 Å². The number of hydrogen-bond donors (Lipinski definition) is 1. The maximum absolute atomic E-state index is 5.85. The molecule has 16 heavy (non-hydrogen) atoms. The molecule has 0 aliphatic carbocycles. The molecule has 0 aliphatic rings. The Kier molecular flexibility index (Phi) is 5.81. The highest BCUT2D eigenvalue weighted by Gasteiger charge is 2.03. The van der Waals surface area contributed by atoms with E-state index in [9.17, 15) is 0 Å². The molecular weight excluding hydrogens is 220 g/mol. The van der Waals surface area contributed by atoms with Crippen molar-refractivity contribution in [2.24, 2.45) is 0 Å². The van der Waals surface area contributed by atoms with Gasteiger partial charge < -0.3 is 10.2 Å². The van der Waals surface area contributed by atoms with Crippen LogP contribution in [0.25, 0.3) is 0 Å². The van der Waals surface area contributed by atoms with Crippen molar-refractivity contribution < 1.29 is 0 Å². The Morgan fingerprint density at radius 1 is 1.25 bits per heavy atom. The SMILES string of the molecule is C[C@@H](NCCCN(C)C)c1ccc(Cl)cc1. The zero-order valence-corrected chi connectivity index (χ0v) is 11.1. The summed E-state index contributed by atoms with van der Waals surface area (Å²) in [5.41, 5.74) is 1.29. The summed E-state index contributed by atoms with van der Waals surface area (Å²) in [5, 5.41) is 4.30. The predicted molar refractivity (Wildman–Crippen MR) is 71.0 cm³/mol. The van der Waals surface area contributed by atoms with Gasteiger partial charge in [-0.15, -0.1) is 0 Å². The average molecular weight is 241 g/mol. The molecule has 3 heteroatoms. The first-order chi connectivity index (χ1) is 7.59. The van der Waals surface area contributed by atoms with Gasteiger partial charge >= 0.3 is 0 Å². The minimum Gasteiger partial charge on any atom is -0.310 e.